The number of benzene rings is 1. The van der Waals surface area contributed by atoms with Crippen molar-refractivity contribution in [2.24, 2.45) is 11.7 Å². The maximum atomic E-state index is 6.49. The minimum absolute atomic E-state index is 0.194. The van der Waals surface area contributed by atoms with E-state index in [1.165, 1.54) is 11.1 Å². The Balaban J connectivity index is 2.26. The zero-order valence-corrected chi connectivity index (χ0v) is 14.2. The van der Waals surface area contributed by atoms with Crippen molar-refractivity contribution in [3.05, 3.63) is 35.4 Å². The van der Waals surface area contributed by atoms with Crippen molar-refractivity contribution in [2.75, 3.05) is 27.2 Å². The summed E-state index contributed by atoms with van der Waals surface area (Å²) in [5.74, 6) is 0.691. The first-order valence-corrected chi connectivity index (χ1v) is 8.16. The molecule has 1 aromatic carbocycles. The van der Waals surface area contributed by atoms with Crippen LogP contribution in [0.5, 0.6) is 0 Å². The number of nitrogens with zero attached hydrogens (tertiary/aromatic N) is 2. The summed E-state index contributed by atoms with van der Waals surface area (Å²) in [6.45, 7) is 8.95. The smallest absolute Gasteiger partial charge is 0.0499 e. The molecule has 0 aromatic heterocycles. The predicted molar refractivity (Wildman–Crippen MR) is 90.4 cm³/mol. The molecule has 1 saturated heterocycles. The molecule has 0 bridgehead atoms. The highest BCUT2D eigenvalue weighted by Crippen LogP contribution is 2.32. The molecule has 0 spiro atoms. The highest BCUT2D eigenvalue weighted by atomic mass is 15.3. The summed E-state index contributed by atoms with van der Waals surface area (Å²) in [4.78, 5) is 4.95. The summed E-state index contributed by atoms with van der Waals surface area (Å²) in [5, 5.41) is 0. The van der Waals surface area contributed by atoms with Crippen molar-refractivity contribution < 1.29 is 0 Å². The van der Waals surface area contributed by atoms with Crippen LogP contribution in [0.25, 0.3) is 0 Å². The first-order valence-electron chi connectivity index (χ1n) is 8.16. The number of nitrogens with two attached hydrogens (primary N) is 1. The Kier molecular flexibility index (Phi) is 5.42. The van der Waals surface area contributed by atoms with Crippen LogP contribution < -0.4 is 5.73 Å². The first-order chi connectivity index (χ1) is 9.93. The van der Waals surface area contributed by atoms with Crippen LogP contribution >= 0.6 is 0 Å². The van der Waals surface area contributed by atoms with Crippen molar-refractivity contribution in [1.82, 2.24) is 9.80 Å². The van der Waals surface area contributed by atoms with Crippen LogP contribution in [0.3, 0.4) is 0 Å². The van der Waals surface area contributed by atoms with Crippen LogP contribution in [0.1, 0.15) is 37.4 Å². The van der Waals surface area contributed by atoms with Crippen LogP contribution in [0.15, 0.2) is 24.3 Å². The Morgan fingerprint density at radius 1 is 1.33 bits per heavy atom. The Hall–Kier alpha value is -0.900. The minimum atomic E-state index is 0.194. The molecule has 1 aliphatic rings. The van der Waals surface area contributed by atoms with Crippen LogP contribution in [0.2, 0.25) is 0 Å². The molecular weight excluding hydrogens is 258 g/mol. The van der Waals surface area contributed by atoms with Crippen molar-refractivity contribution in [3.8, 4) is 0 Å². The fourth-order valence-corrected chi connectivity index (χ4v) is 3.69. The fourth-order valence-electron chi connectivity index (χ4n) is 3.69. The normalized spacial score (nSPS) is 26.2. The van der Waals surface area contributed by atoms with E-state index in [0.717, 1.165) is 19.5 Å². The lowest BCUT2D eigenvalue weighted by Gasteiger charge is -2.33. The lowest BCUT2D eigenvalue weighted by atomic mass is 9.95. The highest BCUT2D eigenvalue weighted by Gasteiger charge is 2.37. The maximum Gasteiger partial charge on any atom is 0.0499 e. The number of hydrogen-bond acceptors (Lipinski definition) is 3. The monoisotopic (exact) mass is 289 g/mol. The van der Waals surface area contributed by atoms with Gasteiger partial charge in [0.05, 0.1) is 0 Å². The molecule has 1 aliphatic heterocycles. The van der Waals surface area contributed by atoms with Gasteiger partial charge in [-0.25, -0.2) is 0 Å². The SMILES string of the molecule is CCC(N)C(c1cccc(C)c1)N1CC(C)C(N(C)C)C1. The summed E-state index contributed by atoms with van der Waals surface area (Å²) >= 11 is 0. The molecule has 1 heterocycles. The van der Waals surface area contributed by atoms with Crippen LogP contribution in [0, 0.1) is 12.8 Å². The Morgan fingerprint density at radius 3 is 2.57 bits per heavy atom. The molecule has 0 aliphatic carbocycles. The zero-order valence-electron chi connectivity index (χ0n) is 14.2. The van der Waals surface area contributed by atoms with Gasteiger partial charge in [-0.1, -0.05) is 43.7 Å². The van der Waals surface area contributed by atoms with Crippen LogP contribution in [0.4, 0.5) is 0 Å². The fraction of sp³-hybridized carbons (Fsp3) is 0.667. The van der Waals surface area contributed by atoms with Crippen molar-refractivity contribution >= 4 is 0 Å². The van der Waals surface area contributed by atoms with Gasteiger partial charge in [0.25, 0.3) is 0 Å². The average molecular weight is 289 g/mol. The Labute approximate surface area is 130 Å². The molecule has 4 atom stereocenters. The van der Waals surface area contributed by atoms with Crippen molar-refractivity contribution in [2.45, 2.75) is 45.3 Å². The average Bonchev–Trinajstić information content (AvgIpc) is 2.81. The van der Waals surface area contributed by atoms with Crippen molar-refractivity contribution in [3.63, 3.8) is 0 Å². The summed E-state index contributed by atoms with van der Waals surface area (Å²) in [6, 6.07) is 10.0. The Bertz CT molecular complexity index is 458. The molecule has 118 valence electrons. The second-order valence-electron chi connectivity index (χ2n) is 6.89. The Morgan fingerprint density at radius 2 is 2.05 bits per heavy atom. The summed E-state index contributed by atoms with van der Waals surface area (Å²) in [6.07, 6.45) is 1.01. The molecule has 0 radical (unpaired) electrons. The minimum Gasteiger partial charge on any atom is -0.326 e. The second kappa shape index (κ2) is 6.91. The van der Waals surface area contributed by atoms with E-state index in [1.54, 1.807) is 0 Å². The van der Waals surface area contributed by atoms with Crippen LogP contribution in [-0.4, -0.2) is 49.1 Å². The molecule has 3 nitrogen and oxygen atoms in total. The molecule has 21 heavy (non-hydrogen) atoms. The third kappa shape index (κ3) is 3.65. The van der Waals surface area contributed by atoms with E-state index in [4.69, 9.17) is 5.73 Å². The van der Waals surface area contributed by atoms with E-state index in [0.29, 0.717) is 18.0 Å². The van der Waals surface area contributed by atoms with E-state index in [1.807, 2.05) is 0 Å². The summed E-state index contributed by atoms with van der Waals surface area (Å²) in [7, 11) is 4.37. The van der Waals surface area contributed by atoms with E-state index in [9.17, 15) is 0 Å². The number of rotatable bonds is 5. The third-order valence-corrected chi connectivity index (χ3v) is 4.92. The number of aryl methyl sites for hydroxylation is 1. The van der Waals surface area contributed by atoms with Gasteiger partial charge in [-0.3, -0.25) is 4.90 Å². The standard InChI is InChI=1S/C18H31N3/c1-6-16(19)18(15-9-7-8-13(2)10-15)21-11-14(3)17(12-21)20(4)5/h7-10,14,16-18H,6,11-12,19H2,1-5H3. The molecule has 4 unspecified atom stereocenters. The van der Waals surface area contributed by atoms with E-state index >= 15 is 0 Å². The molecule has 0 saturated carbocycles. The second-order valence-corrected chi connectivity index (χ2v) is 6.89. The number of hydrogen-bond donors (Lipinski definition) is 1. The van der Waals surface area contributed by atoms with Gasteiger partial charge < -0.3 is 10.6 Å². The molecule has 2 N–H and O–H groups in total. The van der Waals surface area contributed by atoms with Gasteiger partial charge in [0, 0.05) is 31.2 Å². The zero-order chi connectivity index (χ0) is 15.6. The molecule has 3 heteroatoms. The van der Waals surface area contributed by atoms with Gasteiger partial charge in [0.15, 0.2) is 0 Å². The molecule has 2 rings (SSSR count). The molecule has 0 amide bonds. The topological polar surface area (TPSA) is 32.5 Å². The molecule has 1 fully saturated rings. The van der Waals surface area contributed by atoms with Crippen LogP contribution in [-0.2, 0) is 0 Å². The van der Waals surface area contributed by atoms with Gasteiger partial charge in [-0.2, -0.15) is 0 Å². The van der Waals surface area contributed by atoms with E-state index < -0.39 is 0 Å². The first kappa shape index (κ1) is 16.5. The lowest BCUT2D eigenvalue weighted by molar-refractivity contribution is 0.190. The summed E-state index contributed by atoms with van der Waals surface area (Å²) < 4.78 is 0. The highest BCUT2D eigenvalue weighted by molar-refractivity contribution is 5.26. The largest absolute Gasteiger partial charge is 0.326 e. The van der Waals surface area contributed by atoms with Gasteiger partial charge in [-0.05, 0) is 38.9 Å². The molecular formula is C18H31N3. The summed E-state index contributed by atoms with van der Waals surface area (Å²) in [5.41, 5.74) is 9.18. The van der Waals surface area contributed by atoms with E-state index in [-0.39, 0.29) is 6.04 Å². The number of likely N-dealkylation sites (tertiary alicyclic amines) is 1. The van der Waals surface area contributed by atoms with Gasteiger partial charge in [-0.15, -0.1) is 0 Å². The van der Waals surface area contributed by atoms with E-state index in [2.05, 4.69) is 68.9 Å². The lowest BCUT2D eigenvalue weighted by Crippen LogP contribution is -2.41. The molecule has 1 aromatic rings. The quantitative estimate of drug-likeness (QED) is 0.904. The predicted octanol–water partition coefficient (Wildman–Crippen LogP) is 2.66. The van der Waals surface area contributed by atoms with Gasteiger partial charge in [0.2, 0.25) is 0 Å². The third-order valence-electron chi connectivity index (χ3n) is 4.92. The maximum absolute atomic E-state index is 6.49. The van der Waals surface area contributed by atoms with Gasteiger partial charge >= 0.3 is 0 Å². The van der Waals surface area contributed by atoms with Gasteiger partial charge in [0.1, 0.15) is 0 Å². The van der Waals surface area contributed by atoms with Crippen molar-refractivity contribution in [1.29, 1.82) is 0 Å². The number of likely N-dealkylation sites (N-methyl/N-ethyl adjacent to an activating group) is 1.